The third-order valence-corrected chi connectivity index (χ3v) is 2.50. The zero-order valence-corrected chi connectivity index (χ0v) is 8.71. The molecule has 0 heterocycles. The highest BCUT2D eigenvalue weighted by Gasteiger charge is 2.33. The zero-order valence-electron chi connectivity index (χ0n) is 7.14. The molecule has 0 aliphatic heterocycles. The number of carbonyl (C=O) groups is 1. The van der Waals surface area contributed by atoms with Crippen LogP contribution in [0.5, 0.6) is 0 Å². The van der Waals surface area contributed by atoms with E-state index < -0.39 is 17.1 Å². The fourth-order valence-electron chi connectivity index (χ4n) is 0.885. The van der Waals surface area contributed by atoms with Crippen LogP contribution in [0.25, 0.3) is 0 Å². The lowest BCUT2D eigenvalue weighted by Crippen LogP contribution is -2.10. The first kappa shape index (κ1) is 12.2. The average molecular weight is 256 g/mol. The number of amides is 1. The summed E-state index contributed by atoms with van der Waals surface area (Å²) in [4.78, 5) is 10.2. The highest BCUT2D eigenvalue weighted by molar-refractivity contribution is 7.98. The van der Waals surface area contributed by atoms with Gasteiger partial charge in [0.25, 0.3) is 0 Å². The van der Waals surface area contributed by atoms with Crippen LogP contribution in [0, 0.1) is 0 Å². The van der Waals surface area contributed by atoms with Gasteiger partial charge in [-0.05, 0) is 35.7 Å². The molecule has 1 N–H and O–H groups in total. The second-order valence-electron chi connectivity index (χ2n) is 2.47. The number of alkyl halides is 3. The standard InChI is InChI=1S/C8H5ClF3NOS/c9-7(14)13-15-6-4-2-1-3-5(6)8(10,11)12/h1-4H,(H,13,14). The normalized spacial score (nSPS) is 11.2. The Labute approximate surface area is 92.9 Å². The molecule has 0 aromatic heterocycles. The van der Waals surface area contributed by atoms with E-state index in [9.17, 15) is 18.0 Å². The van der Waals surface area contributed by atoms with E-state index in [1.54, 1.807) is 0 Å². The summed E-state index contributed by atoms with van der Waals surface area (Å²) in [5.74, 6) is 0. The molecule has 15 heavy (non-hydrogen) atoms. The van der Waals surface area contributed by atoms with Crippen molar-refractivity contribution in [2.45, 2.75) is 11.1 Å². The SMILES string of the molecule is O=C(Cl)NSc1ccccc1C(F)(F)F. The van der Waals surface area contributed by atoms with Gasteiger partial charge in [0.05, 0.1) is 5.56 Å². The van der Waals surface area contributed by atoms with Gasteiger partial charge in [-0.2, -0.15) is 13.2 Å². The van der Waals surface area contributed by atoms with E-state index in [0.29, 0.717) is 11.9 Å². The Kier molecular flexibility index (Phi) is 3.87. The summed E-state index contributed by atoms with van der Waals surface area (Å²) in [6, 6.07) is 4.90. The first-order chi connectivity index (χ1) is 6.91. The van der Waals surface area contributed by atoms with Crippen molar-refractivity contribution in [3.63, 3.8) is 0 Å². The molecule has 0 aliphatic carbocycles. The van der Waals surface area contributed by atoms with E-state index in [2.05, 4.69) is 0 Å². The summed E-state index contributed by atoms with van der Waals surface area (Å²) in [6.07, 6.45) is -4.44. The van der Waals surface area contributed by atoms with Crippen LogP contribution in [-0.4, -0.2) is 5.37 Å². The molecular formula is C8H5ClF3NOS. The molecule has 0 spiro atoms. The van der Waals surface area contributed by atoms with Crippen molar-refractivity contribution in [2.75, 3.05) is 0 Å². The van der Waals surface area contributed by atoms with Crippen LogP contribution in [0.15, 0.2) is 29.2 Å². The maximum absolute atomic E-state index is 12.4. The molecule has 0 aliphatic rings. The molecule has 1 amide bonds. The van der Waals surface area contributed by atoms with Gasteiger partial charge in [-0.15, -0.1) is 0 Å². The van der Waals surface area contributed by atoms with Crippen molar-refractivity contribution in [3.8, 4) is 0 Å². The topological polar surface area (TPSA) is 29.1 Å². The minimum atomic E-state index is -4.44. The summed E-state index contributed by atoms with van der Waals surface area (Å²) >= 11 is 5.47. The average Bonchev–Trinajstić information content (AvgIpc) is 2.13. The minimum absolute atomic E-state index is 0.0981. The minimum Gasteiger partial charge on any atom is -0.282 e. The molecule has 2 nitrogen and oxygen atoms in total. The smallest absolute Gasteiger partial charge is 0.282 e. The number of benzene rings is 1. The van der Waals surface area contributed by atoms with Crippen molar-refractivity contribution < 1.29 is 18.0 Å². The van der Waals surface area contributed by atoms with E-state index >= 15 is 0 Å². The van der Waals surface area contributed by atoms with Gasteiger partial charge in [-0.25, -0.2) is 0 Å². The van der Waals surface area contributed by atoms with Crippen LogP contribution in [0.2, 0.25) is 0 Å². The summed E-state index contributed by atoms with van der Waals surface area (Å²) in [7, 11) is 0. The van der Waals surface area contributed by atoms with E-state index in [4.69, 9.17) is 11.6 Å². The first-order valence-corrected chi connectivity index (χ1v) is 4.89. The number of hydrogen-bond acceptors (Lipinski definition) is 2. The lowest BCUT2D eigenvalue weighted by Gasteiger charge is -2.11. The zero-order chi connectivity index (χ0) is 11.5. The molecule has 7 heteroatoms. The number of nitrogens with one attached hydrogen (secondary N) is 1. The van der Waals surface area contributed by atoms with Crippen LogP contribution in [0.1, 0.15) is 5.56 Å². The third-order valence-electron chi connectivity index (χ3n) is 1.43. The van der Waals surface area contributed by atoms with E-state index in [0.717, 1.165) is 6.07 Å². The van der Waals surface area contributed by atoms with E-state index in [-0.39, 0.29) is 4.90 Å². The molecule has 0 bridgehead atoms. The molecule has 1 aromatic carbocycles. The summed E-state index contributed by atoms with van der Waals surface area (Å²) in [5, 5.41) is -0.919. The van der Waals surface area contributed by atoms with Gasteiger partial charge in [0.15, 0.2) is 0 Å². The van der Waals surface area contributed by atoms with Gasteiger partial charge in [0.1, 0.15) is 0 Å². The Balaban J connectivity index is 2.92. The van der Waals surface area contributed by atoms with E-state index in [1.165, 1.54) is 18.2 Å². The quantitative estimate of drug-likeness (QED) is 0.496. The number of rotatable bonds is 2. The monoisotopic (exact) mass is 255 g/mol. The highest BCUT2D eigenvalue weighted by Crippen LogP contribution is 2.35. The predicted molar refractivity (Wildman–Crippen MR) is 51.7 cm³/mol. The van der Waals surface area contributed by atoms with Gasteiger partial charge < -0.3 is 0 Å². The molecule has 0 fully saturated rings. The Morgan fingerprint density at radius 1 is 1.33 bits per heavy atom. The van der Waals surface area contributed by atoms with Crippen molar-refractivity contribution in [3.05, 3.63) is 29.8 Å². The number of hydrogen-bond donors (Lipinski definition) is 1. The second kappa shape index (κ2) is 4.76. The van der Waals surface area contributed by atoms with Gasteiger partial charge in [-0.3, -0.25) is 9.52 Å². The molecule has 1 rings (SSSR count). The Morgan fingerprint density at radius 2 is 1.93 bits per heavy atom. The van der Waals surface area contributed by atoms with Gasteiger partial charge in [-0.1, -0.05) is 12.1 Å². The van der Waals surface area contributed by atoms with Gasteiger partial charge in [0, 0.05) is 4.90 Å². The molecule has 0 saturated heterocycles. The molecule has 1 aromatic rings. The molecular weight excluding hydrogens is 251 g/mol. The summed E-state index contributed by atoms with van der Waals surface area (Å²) < 4.78 is 39.3. The molecule has 0 atom stereocenters. The second-order valence-corrected chi connectivity index (χ2v) is 3.66. The van der Waals surface area contributed by atoms with E-state index in [1.807, 2.05) is 4.72 Å². The first-order valence-electron chi connectivity index (χ1n) is 3.70. The van der Waals surface area contributed by atoms with Crippen LogP contribution >= 0.6 is 23.5 Å². The summed E-state index contributed by atoms with van der Waals surface area (Å²) in [6.45, 7) is 0. The van der Waals surface area contributed by atoms with Crippen LogP contribution in [-0.2, 0) is 6.18 Å². The molecule has 0 unspecified atom stereocenters. The molecule has 0 radical (unpaired) electrons. The van der Waals surface area contributed by atoms with Crippen molar-refractivity contribution >= 4 is 28.9 Å². The Hall–Kier alpha value is -0.880. The largest absolute Gasteiger partial charge is 0.417 e. The van der Waals surface area contributed by atoms with Crippen LogP contribution in [0.4, 0.5) is 18.0 Å². The van der Waals surface area contributed by atoms with Crippen molar-refractivity contribution in [2.24, 2.45) is 0 Å². The van der Waals surface area contributed by atoms with Gasteiger partial charge in [0.2, 0.25) is 0 Å². The fraction of sp³-hybridized carbons (Fsp3) is 0.125. The van der Waals surface area contributed by atoms with Crippen LogP contribution < -0.4 is 4.72 Å². The molecule has 82 valence electrons. The van der Waals surface area contributed by atoms with Crippen LogP contribution in [0.3, 0.4) is 0 Å². The number of halogens is 4. The lowest BCUT2D eigenvalue weighted by atomic mass is 10.2. The summed E-state index contributed by atoms with van der Waals surface area (Å²) in [5.41, 5.74) is -0.805. The number of carbonyl (C=O) groups excluding carboxylic acids is 1. The van der Waals surface area contributed by atoms with Gasteiger partial charge >= 0.3 is 11.5 Å². The maximum atomic E-state index is 12.4. The maximum Gasteiger partial charge on any atom is 0.417 e. The highest BCUT2D eigenvalue weighted by atomic mass is 35.5. The predicted octanol–water partition coefficient (Wildman–Crippen LogP) is 3.66. The lowest BCUT2D eigenvalue weighted by molar-refractivity contribution is -0.139. The van der Waals surface area contributed by atoms with Crippen molar-refractivity contribution in [1.82, 2.24) is 4.72 Å². The third kappa shape index (κ3) is 3.64. The van der Waals surface area contributed by atoms with Crippen molar-refractivity contribution in [1.29, 1.82) is 0 Å². The Bertz CT molecular complexity index is 369. The Morgan fingerprint density at radius 3 is 2.47 bits per heavy atom. The fourth-order valence-corrected chi connectivity index (χ4v) is 1.63. The molecule has 0 saturated carbocycles.